The Labute approximate surface area is 215 Å². The van der Waals surface area contributed by atoms with Crippen LogP contribution >= 0.6 is 22.6 Å². The van der Waals surface area contributed by atoms with Gasteiger partial charge in [-0.05, 0) is 17.7 Å². The van der Waals surface area contributed by atoms with Gasteiger partial charge in [-0.1, -0.05) is 6.07 Å². The topological polar surface area (TPSA) is 185 Å². The summed E-state index contributed by atoms with van der Waals surface area (Å²) in [5, 5.41) is 21.9. The number of carboxylic acids is 1. The maximum absolute atomic E-state index is 12.9. The summed E-state index contributed by atoms with van der Waals surface area (Å²) in [6, 6.07) is 4.58. The van der Waals surface area contributed by atoms with Gasteiger partial charge in [-0.15, -0.1) is 0 Å². The van der Waals surface area contributed by atoms with E-state index in [2.05, 4.69) is 10.2 Å². The number of carbonyl (C=O) groups excluding carboxylic acids is 2. The minimum atomic E-state index is -1.23. The Morgan fingerprint density at radius 3 is 2.51 bits per heavy atom. The lowest BCUT2D eigenvalue weighted by atomic mass is 10.0. The fraction of sp³-hybridized carbons (Fsp3) is 0.571. The van der Waals surface area contributed by atoms with Gasteiger partial charge in [0.2, 0.25) is 6.29 Å². The number of aliphatic hydroxyl groups excluding tert-OH is 1. The molecule has 1 aromatic rings. The van der Waals surface area contributed by atoms with Gasteiger partial charge < -0.3 is 44.1 Å². The molecule has 3 atom stereocenters. The van der Waals surface area contributed by atoms with Crippen LogP contribution in [0.25, 0.3) is 0 Å². The molecule has 0 aliphatic carbocycles. The zero-order valence-corrected chi connectivity index (χ0v) is 21.0. The van der Waals surface area contributed by atoms with Crippen LogP contribution in [-0.2, 0) is 35.2 Å². The number of aliphatic carboxylic acids is 1. The molecule has 0 aromatic heterocycles. The molecule has 14 heteroatoms. The van der Waals surface area contributed by atoms with Gasteiger partial charge in [0.25, 0.3) is 5.91 Å². The molecule has 0 radical (unpaired) electrons. The number of nitrogens with one attached hydrogen (secondary N) is 1. The van der Waals surface area contributed by atoms with Gasteiger partial charge in [0.1, 0.15) is 12.4 Å². The molecule has 1 aliphatic rings. The molecule has 0 saturated carbocycles. The molecule has 0 bridgehead atoms. The highest BCUT2D eigenvalue weighted by Gasteiger charge is 2.34. The van der Waals surface area contributed by atoms with E-state index in [1.165, 1.54) is 34.7 Å². The maximum atomic E-state index is 12.9. The van der Waals surface area contributed by atoms with Crippen molar-refractivity contribution in [3.63, 3.8) is 0 Å². The molecule has 1 aromatic carbocycles. The summed E-state index contributed by atoms with van der Waals surface area (Å²) in [5.41, 5.74) is 0.656. The number of nitrogens with two attached hydrogens (primary N) is 1. The fourth-order valence-electron chi connectivity index (χ4n) is 3.08. The Hall–Kier alpha value is -2.08. The Morgan fingerprint density at radius 1 is 1.11 bits per heavy atom. The lowest BCUT2D eigenvalue weighted by Crippen LogP contribution is -2.42. The standard InChI is InChI=1S/C21H29IN2O11/c22-21(29)32-12-13-1-2-16(34-18-11-14(25)10-17(35-18)20(27)28)15(9-13)19(26)24-3-4-30-5-6-31-7-8-33-23/h1-2,9,14,17-18,25H,3-8,10-12,23H2,(H,24,26)(H,27,28). The molecule has 1 saturated heterocycles. The van der Waals surface area contributed by atoms with Crippen LogP contribution in [0.1, 0.15) is 28.8 Å². The smallest absolute Gasteiger partial charge is 0.367 e. The number of hydrogen-bond acceptors (Lipinski definition) is 11. The number of benzene rings is 1. The number of carbonyl (C=O) groups is 3. The van der Waals surface area contributed by atoms with Crippen molar-refractivity contribution < 1.29 is 53.1 Å². The summed E-state index contributed by atoms with van der Waals surface area (Å²) >= 11 is 1.49. The van der Waals surface area contributed by atoms with E-state index in [0.29, 0.717) is 25.4 Å². The quantitative estimate of drug-likeness (QED) is 0.0944. The number of halogens is 1. The van der Waals surface area contributed by atoms with Crippen LogP contribution in [-0.4, -0.2) is 84.1 Å². The highest BCUT2D eigenvalue weighted by Crippen LogP contribution is 2.27. The van der Waals surface area contributed by atoms with Crippen LogP contribution in [0.2, 0.25) is 0 Å². The largest absolute Gasteiger partial charge is 0.479 e. The highest BCUT2D eigenvalue weighted by molar-refractivity contribution is 14.1. The Kier molecular flexibility index (Phi) is 13.2. The Balaban J connectivity index is 1.98. The summed E-state index contributed by atoms with van der Waals surface area (Å²) in [6.07, 6.45) is -3.26. The van der Waals surface area contributed by atoms with Gasteiger partial charge in [0.05, 0.1) is 67.3 Å². The molecule has 1 heterocycles. The maximum Gasteiger partial charge on any atom is 0.367 e. The Morgan fingerprint density at radius 2 is 1.83 bits per heavy atom. The minimum absolute atomic E-state index is 0.0341. The zero-order valence-electron chi connectivity index (χ0n) is 18.9. The van der Waals surface area contributed by atoms with Crippen LogP contribution in [0.5, 0.6) is 5.75 Å². The van der Waals surface area contributed by atoms with Crippen LogP contribution in [0, 0.1) is 0 Å². The molecule has 35 heavy (non-hydrogen) atoms. The number of hydrogen-bond donors (Lipinski definition) is 4. The van der Waals surface area contributed by atoms with Crippen LogP contribution in [0.3, 0.4) is 0 Å². The van der Waals surface area contributed by atoms with Crippen LogP contribution in [0.15, 0.2) is 18.2 Å². The van der Waals surface area contributed by atoms with Gasteiger partial charge in [0.15, 0.2) is 6.10 Å². The number of rotatable bonds is 15. The monoisotopic (exact) mass is 612 g/mol. The average molecular weight is 612 g/mol. The highest BCUT2D eigenvalue weighted by atomic mass is 127. The first kappa shape index (κ1) is 29.2. The number of amides is 1. The summed E-state index contributed by atoms with van der Waals surface area (Å²) in [6.45, 7) is 1.64. The van der Waals surface area contributed by atoms with Crippen molar-refractivity contribution in [2.75, 3.05) is 39.6 Å². The predicted molar refractivity (Wildman–Crippen MR) is 127 cm³/mol. The Bertz CT molecular complexity index is 841. The van der Waals surface area contributed by atoms with Crippen molar-refractivity contribution in [2.24, 2.45) is 5.90 Å². The molecule has 2 rings (SSSR count). The van der Waals surface area contributed by atoms with Gasteiger partial charge >= 0.3 is 9.95 Å². The van der Waals surface area contributed by atoms with Crippen molar-refractivity contribution in [2.45, 2.75) is 37.9 Å². The third-order valence-corrected chi connectivity index (χ3v) is 5.00. The van der Waals surface area contributed by atoms with E-state index < -0.39 is 34.4 Å². The number of ether oxygens (including phenoxy) is 5. The third-order valence-electron chi connectivity index (χ3n) is 4.69. The van der Waals surface area contributed by atoms with E-state index in [-0.39, 0.29) is 50.5 Å². The van der Waals surface area contributed by atoms with E-state index in [1.807, 2.05) is 0 Å². The molecule has 1 amide bonds. The van der Waals surface area contributed by atoms with Gasteiger partial charge in [-0.25, -0.2) is 15.5 Å². The van der Waals surface area contributed by atoms with E-state index in [9.17, 15) is 24.6 Å². The number of carboxylic acid groups (broad SMARTS) is 1. The van der Waals surface area contributed by atoms with Crippen LogP contribution < -0.4 is 16.0 Å². The minimum Gasteiger partial charge on any atom is -0.479 e. The molecule has 0 spiro atoms. The van der Waals surface area contributed by atoms with E-state index >= 15 is 0 Å². The number of aliphatic hydroxyl groups is 1. The van der Waals surface area contributed by atoms with E-state index in [0.717, 1.165) is 0 Å². The first-order chi connectivity index (χ1) is 16.8. The van der Waals surface area contributed by atoms with Crippen molar-refractivity contribution in [3.8, 4) is 5.75 Å². The van der Waals surface area contributed by atoms with Crippen molar-refractivity contribution >= 4 is 38.4 Å². The zero-order chi connectivity index (χ0) is 25.6. The molecule has 1 aliphatic heterocycles. The predicted octanol–water partition coefficient (Wildman–Crippen LogP) is 0.741. The van der Waals surface area contributed by atoms with Gasteiger partial charge in [-0.2, -0.15) is 0 Å². The van der Waals surface area contributed by atoms with Gasteiger partial charge in [-0.3, -0.25) is 4.79 Å². The second-order valence-electron chi connectivity index (χ2n) is 7.34. The van der Waals surface area contributed by atoms with Crippen LogP contribution in [0.4, 0.5) is 4.79 Å². The lowest BCUT2D eigenvalue weighted by molar-refractivity contribution is -0.195. The van der Waals surface area contributed by atoms with E-state index in [1.54, 1.807) is 6.07 Å². The third kappa shape index (κ3) is 11.0. The first-order valence-electron chi connectivity index (χ1n) is 10.7. The van der Waals surface area contributed by atoms with E-state index in [4.69, 9.17) is 29.6 Å². The summed E-state index contributed by atoms with van der Waals surface area (Å²) in [5.74, 6) is 3.29. The average Bonchev–Trinajstić information content (AvgIpc) is 2.81. The summed E-state index contributed by atoms with van der Waals surface area (Å²) < 4.78 is 26.2. The fourth-order valence-corrected chi connectivity index (χ4v) is 3.24. The first-order valence-corrected chi connectivity index (χ1v) is 11.8. The molecule has 1 fully saturated rings. The lowest BCUT2D eigenvalue weighted by Gasteiger charge is -2.31. The van der Waals surface area contributed by atoms with Crippen molar-refractivity contribution in [1.82, 2.24) is 5.32 Å². The molecule has 13 nitrogen and oxygen atoms in total. The molecule has 5 N–H and O–H groups in total. The SMILES string of the molecule is NOCCOCCOCCNC(=O)c1cc(COC(=O)I)ccc1OC1CC(O)CC(C(=O)O)O1. The summed E-state index contributed by atoms with van der Waals surface area (Å²) in [4.78, 5) is 39.6. The molecule has 3 unspecified atom stereocenters. The second-order valence-corrected chi connectivity index (χ2v) is 8.22. The molecule has 196 valence electrons. The van der Waals surface area contributed by atoms with Gasteiger partial charge in [0, 0.05) is 19.4 Å². The van der Waals surface area contributed by atoms with Crippen molar-refractivity contribution in [1.29, 1.82) is 0 Å². The summed E-state index contributed by atoms with van der Waals surface area (Å²) in [7, 11) is 0. The molecular weight excluding hydrogens is 583 g/mol. The second kappa shape index (κ2) is 15.8. The molecular formula is C21H29IN2O11. The normalized spacial score (nSPS) is 19.7. The van der Waals surface area contributed by atoms with Crippen molar-refractivity contribution in [3.05, 3.63) is 29.3 Å².